The van der Waals surface area contributed by atoms with E-state index < -0.39 is 0 Å². The lowest BCUT2D eigenvalue weighted by Crippen LogP contribution is -2.22. The molecule has 5 nitrogen and oxygen atoms in total. The summed E-state index contributed by atoms with van der Waals surface area (Å²) in [6, 6.07) is 7.47. The van der Waals surface area contributed by atoms with Crippen LogP contribution in [0.25, 0.3) is 10.1 Å². The van der Waals surface area contributed by atoms with Crippen molar-refractivity contribution in [2.75, 3.05) is 5.73 Å². The molecule has 102 valence electrons. The third-order valence-electron chi connectivity index (χ3n) is 2.81. The molecule has 3 aromatic rings. The molecule has 0 unspecified atom stereocenters. The molecular weight excluding hydrogens is 342 g/mol. The van der Waals surface area contributed by atoms with Gasteiger partial charge in [-0.05, 0) is 18.2 Å². The Hall–Kier alpha value is -1.86. The molecular formula is C13H10BrN3O2S. The number of nitrogen functional groups attached to an aromatic ring is 1. The topological polar surface area (TPSA) is 81.2 Å². The summed E-state index contributed by atoms with van der Waals surface area (Å²) in [5.74, 6) is 0.386. The molecule has 0 atom stereocenters. The Bertz CT molecular complexity index is 767. The number of amides is 1. The number of halogens is 1. The Morgan fingerprint density at radius 1 is 1.45 bits per heavy atom. The number of nitrogens with zero attached hydrogens (tertiary/aromatic N) is 1. The van der Waals surface area contributed by atoms with Crippen molar-refractivity contribution in [2.45, 2.75) is 6.54 Å². The Labute approximate surface area is 126 Å². The van der Waals surface area contributed by atoms with Crippen LogP contribution >= 0.6 is 27.3 Å². The van der Waals surface area contributed by atoms with Gasteiger partial charge in [0.15, 0.2) is 5.76 Å². The summed E-state index contributed by atoms with van der Waals surface area (Å²) in [5, 5.41) is 7.23. The van der Waals surface area contributed by atoms with Gasteiger partial charge in [-0.15, -0.1) is 11.3 Å². The standard InChI is InChI=1S/C13H10BrN3O2S/c14-7-1-2-10-9(5-7)11(15)12(20-10)13(18)16-6-8-3-4-17-19-8/h1-5H,6,15H2,(H,16,18). The number of carbonyl (C=O) groups excluding carboxylic acids is 1. The van der Waals surface area contributed by atoms with Crippen LogP contribution in [-0.2, 0) is 6.54 Å². The van der Waals surface area contributed by atoms with E-state index in [1.165, 1.54) is 17.5 Å². The minimum absolute atomic E-state index is 0.212. The van der Waals surface area contributed by atoms with E-state index in [0.29, 0.717) is 16.3 Å². The van der Waals surface area contributed by atoms with E-state index in [1.807, 2.05) is 18.2 Å². The molecule has 0 aliphatic carbocycles. The van der Waals surface area contributed by atoms with Crippen molar-refractivity contribution in [2.24, 2.45) is 0 Å². The molecule has 1 aromatic carbocycles. The van der Waals surface area contributed by atoms with Crippen LogP contribution in [0.2, 0.25) is 0 Å². The van der Waals surface area contributed by atoms with Gasteiger partial charge in [0.2, 0.25) is 0 Å². The number of nitrogens with one attached hydrogen (secondary N) is 1. The van der Waals surface area contributed by atoms with E-state index in [2.05, 4.69) is 26.4 Å². The lowest BCUT2D eigenvalue weighted by Gasteiger charge is -2.01. The first-order valence-corrected chi connectivity index (χ1v) is 7.41. The zero-order valence-corrected chi connectivity index (χ0v) is 12.6. The minimum atomic E-state index is -0.212. The first-order chi connectivity index (χ1) is 9.65. The van der Waals surface area contributed by atoms with Crippen LogP contribution in [0.5, 0.6) is 0 Å². The highest BCUT2D eigenvalue weighted by Crippen LogP contribution is 2.35. The Morgan fingerprint density at radius 2 is 2.30 bits per heavy atom. The third kappa shape index (κ3) is 2.41. The highest BCUT2D eigenvalue weighted by Gasteiger charge is 2.16. The average molecular weight is 352 g/mol. The van der Waals surface area contributed by atoms with E-state index in [-0.39, 0.29) is 12.5 Å². The fourth-order valence-electron chi connectivity index (χ4n) is 1.84. The number of nitrogens with two attached hydrogens (primary N) is 1. The number of aromatic nitrogens is 1. The maximum Gasteiger partial charge on any atom is 0.263 e. The van der Waals surface area contributed by atoms with Crippen LogP contribution < -0.4 is 11.1 Å². The number of rotatable bonds is 3. The van der Waals surface area contributed by atoms with Crippen molar-refractivity contribution in [3.8, 4) is 0 Å². The molecule has 0 radical (unpaired) electrons. The molecule has 2 heterocycles. The zero-order valence-electron chi connectivity index (χ0n) is 10.2. The largest absolute Gasteiger partial charge is 0.397 e. The lowest BCUT2D eigenvalue weighted by atomic mass is 10.2. The maximum absolute atomic E-state index is 12.2. The van der Waals surface area contributed by atoms with Crippen molar-refractivity contribution >= 4 is 48.9 Å². The van der Waals surface area contributed by atoms with E-state index in [9.17, 15) is 4.79 Å². The van der Waals surface area contributed by atoms with Crippen molar-refractivity contribution in [1.29, 1.82) is 0 Å². The second-order valence-electron chi connectivity index (χ2n) is 4.15. The summed E-state index contributed by atoms with van der Waals surface area (Å²) in [5.41, 5.74) is 6.55. The van der Waals surface area contributed by atoms with Crippen LogP contribution in [0.3, 0.4) is 0 Å². The number of hydrogen-bond acceptors (Lipinski definition) is 5. The van der Waals surface area contributed by atoms with Gasteiger partial charge in [0, 0.05) is 20.6 Å². The molecule has 0 saturated heterocycles. The number of thiophene rings is 1. The smallest absolute Gasteiger partial charge is 0.263 e. The molecule has 3 rings (SSSR count). The van der Waals surface area contributed by atoms with Crippen molar-refractivity contribution in [1.82, 2.24) is 10.5 Å². The number of fused-ring (bicyclic) bond motifs is 1. The van der Waals surface area contributed by atoms with Crippen LogP contribution in [0.1, 0.15) is 15.4 Å². The number of anilines is 1. The molecule has 0 aliphatic rings. The predicted molar refractivity (Wildman–Crippen MR) is 81.6 cm³/mol. The first kappa shape index (κ1) is 13.1. The second kappa shape index (κ2) is 5.26. The molecule has 0 bridgehead atoms. The van der Waals surface area contributed by atoms with Gasteiger partial charge >= 0.3 is 0 Å². The van der Waals surface area contributed by atoms with Gasteiger partial charge in [0.25, 0.3) is 5.91 Å². The Balaban J connectivity index is 1.86. The normalized spacial score (nSPS) is 10.8. The van der Waals surface area contributed by atoms with Crippen LogP contribution in [0.4, 0.5) is 5.69 Å². The predicted octanol–water partition coefficient (Wildman–Crippen LogP) is 3.16. The zero-order chi connectivity index (χ0) is 14.1. The van der Waals surface area contributed by atoms with Crippen LogP contribution in [-0.4, -0.2) is 11.1 Å². The van der Waals surface area contributed by atoms with Crippen molar-refractivity contribution < 1.29 is 9.32 Å². The van der Waals surface area contributed by atoms with Gasteiger partial charge < -0.3 is 15.6 Å². The SMILES string of the molecule is Nc1c(C(=O)NCc2ccno2)sc2ccc(Br)cc12. The van der Waals surface area contributed by atoms with E-state index in [1.54, 1.807) is 6.07 Å². The quantitative estimate of drug-likeness (QED) is 0.759. The summed E-state index contributed by atoms with van der Waals surface area (Å²) in [6.07, 6.45) is 1.53. The van der Waals surface area contributed by atoms with Crippen molar-refractivity contribution in [3.05, 3.63) is 45.6 Å². The molecule has 3 N–H and O–H groups in total. The Kier molecular flexibility index (Phi) is 3.45. The highest BCUT2D eigenvalue weighted by atomic mass is 79.9. The maximum atomic E-state index is 12.2. The molecule has 0 saturated carbocycles. The summed E-state index contributed by atoms with van der Waals surface area (Å²) in [4.78, 5) is 12.7. The number of carbonyl (C=O) groups is 1. The molecule has 1 amide bonds. The van der Waals surface area contributed by atoms with Gasteiger partial charge in [0.1, 0.15) is 4.88 Å². The second-order valence-corrected chi connectivity index (χ2v) is 6.11. The first-order valence-electron chi connectivity index (χ1n) is 5.80. The summed E-state index contributed by atoms with van der Waals surface area (Å²) < 4.78 is 6.84. The molecule has 20 heavy (non-hydrogen) atoms. The van der Waals surface area contributed by atoms with Gasteiger partial charge in [0.05, 0.1) is 18.4 Å². The number of benzene rings is 1. The van der Waals surface area contributed by atoms with Gasteiger partial charge in [-0.3, -0.25) is 4.79 Å². The summed E-state index contributed by atoms with van der Waals surface area (Å²) in [6.45, 7) is 0.288. The third-order valence-corrected chi connectivity index (χ3v) is 4.49. The van der Waals surface area contributed by atoms with Crippen LogP contribution in [0.15, 0.2) is 39.5 Å². The molecule has 2 aromatic heterocycles. The van der Waals surface area contributed by atoms with Crippen molar-refractivity contribution in [3.63, 3.8) is 0 Å². The van der Waals surface area contributed by atoms with Gasteiger partial charge in [-0.1, -0.05) is 21.1 Å². The number of hydrogen-bond donors (Lipinski definition) is 2. The molecule has 0 aliphatic heterocycles. The fourth-order valence-corrected chi connectivity index (χ4v) is 3.22. The van der Waals surface area contributed by atoms with Crippen LogP contribution in [0, 0.1) is 0 Å². The summed E-state index contributed by atoms with van der Waals surface area (Å²) >= 11 is 4.77. The van der Waals surface area contributed by atoms with Gasteiger partial charge in [-0.2, -0.15) is 0 Å². The molecule has 0 spiro atoms. The van der Waals surface area contributed by atoms with E-state index >= 15 is 0 Å². The van der Waals surface area contributed by atoms with E-state index in [4.69, 9.17) is 10.3 Å². The fraction of sp³-hybridized carbons (Fsp3) is 0.0769. The lowest BCUT2D eigenvalue weighted by molar-refractivity contribution is 0.0952. The minimum Gasteiger partial charge on any atom is -0.397 e. The molecule has 0 fully saturated rings. The Morgan fingerprint density at radius 3 is 3.05 bits per heavy atom. The highest BCUT2D eigenvalue weighted by molar-refractivity contribution is 9.10. The summed E-state index contributed by atoms with van der Waals surface area (Å²) in [7, 11) is 0. The van der Waals surface area contributed by atoms with Gasteiger partial charge in [-0.25, -0.2) is 0 Å². The van der Waals surface area contributed by atoms with E-state index in [0.717, 1.165) is 14.6 Å². The monoisotopic (exact) mass is 351 g/mol. The average Bonchev–Trinajstić information content (AvgIpc) is 3.05. The molecule has 7 heteroatoms.